The number of nitrogens with zero attached hydrogens (tertiary/aromatic N) is 5. The van der Waals surface area contributed by atoms with Gasteiger partial charge in [-0.2, -0.15) is 5.26 Å². The van der Waals surface area contributed by atoms with Crippen LogP contribution in [0, 0.1) is 11.3 Å². The first-order valence-electron chi connectivity index (χ1n) is 9.86. The molecule has 1 amide bonds. The first kappa shape index (κ1) is 19.6. The van der Waals surface area contributed by atoms with Gasteiger partial charge in [0.25, 0.3) is 5.91 Å². The summed E-state index contributed by atoms with van der Waals surface area (Å²) in [5.41, 5.74) is 2.79. The van der Waals surface area contributed by atoms with Crippen LogP contribution in [0.2, 0.25) is 0 Å². The molecule has 7 nitrogen and oxygen atoms in total. The second-order valence-electron chi connectivity index (χ2n) is 7.15. The van der Waals surface area contributed by atoms with Crippen molar-refractivity contribution in [1.29, 1.82) is 5.26 Å². The van der Waals surface area contributed by atoms with E-state index in [-0.39, 0.29) is 5.91 Å². The van der Waals surface area contributed by atoms with Crippen molar-refractivity contribution in [2.75, 3.05) is 36.4 Å². The summed E-state index contributed by atoms with van der Waals surface area (Å²) in [5.74, 6) is 0.459. The van der Waals surface area contributed by atoms with Crippen molar-refractivity contribution in [3.05, 3.63) is 83.8 Å². The number of anilines is 2. The van der Waals surface area contributed by atoms with Crippen LogP contribution in [0.25, 0.3) is 0 Å². The summed E-state index contributed by atoms with van der Waals surface area (Å²) in [6.07, 6.45) is 1.43. The molecule has 7 heteroatoms. The molecule has 1 aliphatic heterocycles. The third kappa shape index (κ3) is 4.80. The van der Waals surface area contributed by atoms with E-state index in [0.717, 1.165) is 38.5 Å². The molecule has 0 saturated carbocycles. The van der Waals surface area contributed by atoms with Crippen LogP contribution in [0.4, 0.5) is 11.5 Å². The molecule has 2 aromatic carbocycles. The minimum Gasteiger partial charge on any atom is -0.354 e. The van der Waals surface area contributed by atoms with Crippen molar-refractivity contribution < 1.29 is 4.79 Å². The third-order valence-electron chi connectivity index (χ3n) is 5.10. The molecule has 0 unspecified atom stereocenters. The smallest absolute Gasteiger partial charge is 0.274 e. The first-order valence-corrected chi connectivity index (χ1v) is 9.86. The Balaban J connectivity index is 1.36. The topological polar surface area (TPSA) is 85.2 Å². The van der Waals surface area contributed by atoms with Gasteiger partial charge in [-0.1, -0.05) is 30.3 Å². The van der Waals surface area contributed by atoms with E-state index in [2.05, 4.69) is 55.4 Å². The van der Waals surface area contributed by atoms with Gasteiger partial charge in [0.15, 0.2) is 0 Å². The molecule has 0 atom stereocenters. The summed E-state index contributed by atoms with van der Waals surface area (Å²) in [7, 11) is 0. The average Bonchev–Trinajstić information content (AvgIpc) is 2.81. The van der Waals surface area contributed by atoms with E-state index < -0.39 is 0 Å². The third-order valence-corrected chi connectivity index (χ3v) is 5.10. The van der Waals surface area contributed by atoms with Gasteiger partial charge in [0.05, 0.1) is 11.6 Å². The lowest BCUT2D eigenvalue weighted by molar-refractivity contribution is 0.102. The zero-order chi connectivity index (χ0) is 20.8. The van der Waals surface area contributed by atoms with Crippen LogP contribution in [0.5, 0.6) is 0 Å². The van der Waals surface area contributed by atoms with Gasteiger partial charge in [0.1, 0.15) is 17.8 Å². The monoisotopic (exact) mass is 398 g/mol. The SMILES string of the molecule is N#Cc1ccc(NC(=O)c2cc(N3CCN(Cc4ccccc4)CC3)ncn2)cc1. The van der Waals surface area contributed by atoms with Crippen molar-refractivity contribution in [3.8, 4) is 6.07 Å². The highest BCUT2D eigenvalue weighted by atomic mass is 16.1. The van der Waals surface area contributed by atoms with Gasteiger partial charge in [-0.25, -0.2) is 9.97 Å². The van der Waals surface area contributed by atoms with E-state index in [1.165, 1.54) is 11.9 Å². The van der Waals surface area contributed by atoms with Crippen molar-refractivity contribution in [1.82, 2.24) is 14.9 Å². The van der Waals surface area contributed by atoms with Crippen molar-refractivity contribution in [2.45, 2.75) is 6.54 Å². The molecular formula is C23H22N6O. The normalized spacial score (nSPS) is 14.2. The fourth-order valence-corrected chi connectivity index (χ4v) is 3.44. The Morgan fingerprint density at radius 2 is 1.73 bits per heavy atom. The largest absolute Gasteiger partial charge is 0.354 e. The number of rotatable bonds is 5. The van der Waals surface area contributed by atoms with Gasteiger partial charge in [-0.15, -0.1) is 0 Å². The minimum absolute atomic E-state index is 0.300. The number of carbonyl (C=O) groups excluding carboxylic acids is 1. The zero-order valence-corrected chi connectivity index (χ0v) is 16.5. The molecule has 0 radical (unpaired) electrons. The zero-order valence-electron chi connectivity index (χ0n) is 16.5. The van der Waals surface area contributed by atoms with E-state index in [1.54, 1.807) is 30.3 Å². The minimum atomic E-state index is -0.300. The second kappa shape index (κ2) is 9.16. The number of hydrogen-bond donors (Lipinski definition) is 1. The maximum absolute atomic E-state index is 12.6. The Kier molecular flexibility index (Phi) is 5.97. The summed E-state index contributed by atoms with van der Waals surface area (Å²) in [6.45, 7) is 4.51. The van der Waals surface area contributed by atoms with Gasteiger partial charge in [-0.05, 0) is 29.8 Å². The van der Waals surface area contributed by atoms with Crippen LogP contribution in [0.3, 0.4) is 0 Å². The number of carbonyl (C=O) groups is 1. The fourth-order valence-electron chi connectivity index (χ4n) is 3.44. The second-order valence-corrected chi connectivity index (χ2v) is 7.15. The molecule has 0 bridgehead atoms. The molecule has 1 saturated heterocycles. The Labute approximate surface area is 175 Å². The molecule has 2 heterocycles. The fraction of sp³-hybridized carbons (Fsp3) is 0.217. The maximum atomic E-state index is 12.6. The molecule has 1 aliphatic rings. The van der Waals surface area contributed by atoms with Crippen LogP contribution in [-0.2, 0) is 6.54 Å². The standard InChI is InChI=1S/C23H22N6O/c24-15-18-6-8-20(9-7-18)27-23(30)21-14-22(26-17-25-21)29-12-10-28(11-13-29)16-19-4-2-1-3-5-19/h1-9,14,17H,10-13,16H2,(H,27,30). The van der Waals surface area contributed by atoms with Crippen LogP contribution < -0.4 is 10.2 Å². The maximum Gasteiger partial charge on any atom is 0.274 e. The molecule has 4 rings (SSSR count). The molecule has 0 spiro atoms. The van der Waals surface area contributed by atoms with Gasteiger partial charge >= 0.3 is 0 Å². The van der Waals surface area contributed by atoms with E-state index >= 15 is 0 Å². The lowest BCUT2D eigenvalue weighted by atomic mass is 10.2. The van der Waals surface area contributed by atoms with Gasteiger partial charge in [-0.3, -0.25) is 9.69 Å². The van der Waals surface area contributed by atoms with E-state index in [1.807, 2.05) is 6.07 Å². The van der Waals surface area contributed by atoms with Crippen LogP contribution in [-0.4, -0.2) is 47.0 Å². The number of hydrogen-bond acceptors (Lipinski definition) is 6. The van der Waals surface area contributed by atoms with E-state index in [9.17, 15) is 4.79 Å². The lowest BCUT2D eigenvalue weighted by Crippen LogP contribution is -2.46. The van der Waals surface area contributed by atoms with Crippen LogP contribution in [0.15, 0.2) is 67.0 Å². The quantitative estimate of drug-likeness (QED) is 0.711. The summed E-state index contributed by atoms with van der Waals surface area (Å²) < 4.78 is 0. The molecule has 0 aliphatic carbocycles. The average molecular weight is 398 g/mol. The summed E-state index contributed by atoms with van der Waals surface area (Å²) >= 11 is 0. The van der Waals surface area contributed by atoms with Crippen LogP contribution in [0.1, 0.15) is 21.6 Å². The number of benzene rings is 2. The van der Waals surface area contributed by atoms with Gasteiger partial charge in [0.2, 0.25) is 0 Å². The molecule has 1 N–H and O–H groups in total. The molecule has 3 aromatic rings. The van der Waals surface area contributed by atoms with Crippen molar-refractivity contribution in [2.24, 2.45) is 0 Å². The Morgan fingerprint density at radius 3 is 2.43 bits per heavy atom. The molecule has 30 heavy (non-hydrogen) atoms. The number of nitriles is 1. The number of piperazine rings is 1. The highest BCUT2D eigenvalue weighted by molar-refractivity contribution is 6.03. The predicted molar refractivity (Wildman–Crippen MR) is 115 cm³/mol. The van der Waals surface area contributed by atoms with Crippen molar-refractivity contribution in [3.63, 3.8) is 0 Å². The predicted octanol–water partition coefficient (Wildman–Crippen LogP) is 2.92. The highest BCUT2D eigenvalue weighted by Crippen LogP contribution is 2.17. The molecule has 1 fully saturated rings. The number of nitrogens with one attached hydrogen (secondary N) is 1. The van der Waals surface area contributed by atoms with Gasteiger partial charge in [0, 0.05) is 44.5 Å². The lowest BCUT2D eigenvalue weighted by Gasteiger charge is -2.35. The van der Waals surface area contributed by atoms with Crippen molar-refractivity contribution >= 4 is 17.4 Å². The summed E-state index contributed by atoms with van der Waals surface area (Å²) in [6, 6.07) is 21.0. The molecular weight excluding hydrogens is 376 g/mol. The molecule has 150 valence electrons. The number of aromatic nitrogens is 2. The Hall–Kier alpha value is -3.76. The Bertz CT molecular complexity index is 1040. The highest BCUT2D eigenvalue weighted by Gasteiger charge is 2.19. The summed E-state index contributed by atoms with van der Waals surface area (Å²) in [5, 5.41) is 11.7. The Morgan fingerprint density at radius 1 is 1.00 bits per heavy atom. The summed E-state index contributed by atoms with van der Waals surface area (Å²) in [4.78, 5) is 25.7. The first-order chi connectivity index (χ1) is 14.7. The van der Waals surface area contributed by atoms with Gasteiger partial charge < -0.3 is 10.2 Å². The number of amides is 1. The van der Waals surface area contributed by atoms with E-state index in [0.29, 0.717) is 16.9 Å². The molecule has 1 aromatic heterocycles. The van der Waals surface area contributed by atoms with Crippen LogP contribution >= 0.6 is 0 Å². The van der Waals surface area contributed by atoms with E-state index in [4.69, 9.17) is 5.26 Å².